The van der Waals surface area contributed by atoms with Gasteiger partial charge in [0.2, 0.25) is 0 Å². The Labute approximate surface area is 123 Å². The summed E-state index contributed by atoms with van der Waals surface area (Å²) in [5, 5.41) is 3.55. The molecule has 1 heterocycles. The molecule has 1 aromatic carbocycles. The molecule has 7 heteroatoms. The number of ether oxygens (including phenoxy) is 2. The van der Waals surface area contributed by atoms with Gasteiger partial charge in [-0.05, 0) is 12.1 Å². The van der Waals surface area contributed by atoms with E-state index in [1.807, 2.05) is 35.3 Å². The number of morpholine rings is 1. The minimum Gasteiger partial charge on any atom is -0.364 e. The fraction of sp³-hybridized carbons (Fsp3) is 0.385. The van der Waals surface area contributed by atoms with E-state index < -0.39 is 5.91 Å². The zero-order valence-electron chi connectivity index (χ0n) is 11.2. The van der Waals surface area contributed by atoms with Crippen molar-refractivity contribution in [2.24, 2.45) is 5.73 Å². The summed E-state index contributed by atoms with van der Waals surface area (Å²) >= 11 is 5.17. The van der Waals surface area contributed by atoms with Gasteiger partial charge in [-0.2, -0.15) is 0 Å². The largest absolute Gasteiger partial charge is 0.364 e. The zero-order chi connectivity index (χ0) is 14.5. The van der Waals surface area contributed by atoms with E-state index in [0.717, 1.165) is 5.69 Å². The highest BCUT2D eigenvalue weighted by Crippen LogP contribution is 2.19. The van der Waals surface area contributed by atoms with Crippen LogP contribution < -0.4 is 10.7 Å². The number of benzene rings is 1. The summed E-state index contributed by atoms with van der Waals surface area (Å²) in [6.45, 7) is 1.56. The van der Waals surface area contributed by atoms with Crippen LogP contribution in [0.2, 0.25) is 0 Å². The van der Waals surface area contributed by atoms with Crippen molar-refractivity contribution < 1.29 is 14.3 Å². The van der Waals surface area contributed by atoms with Crippen molar-refractivity contribution in [2.45, 2.75) is 6.29 Å². The summed E-state index contributed by atoms with van der Waals surface area (Å²) in [6, 6.07) is 9.38. The summed E-state index contributed by atoms with van der Waals surface area (Å²) in [5.74, 6) is -0.635. The lowest BCUT2D eigenvalue weighted by molar-refractivity contribution is -0.164. The second kappa shape index (κ2) is 6.76. The summed E-state index contributed by atoms with van der Waals surface area (Å²) in [6.07, 6.45) is -0.356. The van der Waals surface area contributed by atoms with Crippen LogP contribution in [0.25, 0.3) is 0 Å². The SMILES string of the molecule is COC1CN(N(C(=S)C(N)=O)c2ccccc2)CCO1. The van der Waals surface area contributed by atoms with Crippen LogP contribution in [-0.4, -0.2) is 49.0 Å². The van der Waals surface area contributed by atoms with Crippen LogP contribution in [0.15, 0.2) is 30.3 Å². The Bertz CT molecular complexity index is 483. The first-order valence-corrected chi connectivity index (χ1v) is 6.62. The first-order valence-electron chi connectivity index (χ1n) is 6.21. The first kappa shape index (κ1) is 14.9. The number of carbonyl (C=O) groups excluding carboxylic acids is 1. The van der Waals surface area contributed by atoms with Crippen LogP contribution in [0.1, 0.15) is 0 Å². The molecule has 1 amide bonds. The minimum atomic E-state index is -0.635. The van der Waals surface area contributed by atoms with Crippen LogP contribution in [0.5, 0.6) is 0 Å². The summed E-state index contributed by atoms with van der Waals surface area (Å²) in [7, 11) is 1.58. The lowest BCUT2D eigenvalue weighted by Gasteiger charge is -2.40. The maximum absolute atomic E-state index is 11.5. The highest BCUT2D eigenvalue weighted by atomic mass is 32.1. The third kappa shape index (κ3) is 3.31. The summed E-state index contributed by atoms with van der Waals surface area (Å²) < 4.78 is 10.6. The smallest absolute Gasteiger partial charge is 0.278 e. The highest BCUT2D eigenvalue weighted by molar-refractivity contribution is 7.82. The molecule has 20 heavy (non-hydrogen) atoms. The molecule has 1 aliphatic heterocycles. The van der Waals surface area contributed by atoms with Gasteiger partial charge in [0.25, 0.3) is 5.91 Å². The number of nitrogens with two attached hydrogens (primary N) is 1. The number of methoxy groups -OCH3 is 1. The Morgan fingerprint density at radius 3 is 2.80 bits per heavy atom. The predicted octanol–water partition coefficient (Wildman–Crippen LogP) is 0.525. The van der Waals surface area contributed by atoms with Crippen molar-refractivity contribution in [1.82, 2.24) is 5.01 Å². The molecular formula is C13H17N3O3S. The number of rotatable bonds is 3. The number of thiocarbonyl (C=S) groups is 1. The third-order valence-electron chi connectivity index (χ3n) is 2.96. The van der Waals surface area contributed by atoms with Gasteiger partial charge in [0, 0.05) is 13.7 Å². The van der Waals surface area contributed by atoms with Crippen molar-refractivity contribution in [2.75, 3.05) is 31.8 Å². The first-order chi connectivity index (χ1) is 9.63. The van der Waals surface area contributed by atoms with Crippen LogP contribution in [0.4, 0.5) is 5.69 Å². The molecule has 2 rings (SSSR count). The molecule has 1 aromatic rings. The quantitative estimate of drug-likeness (QED) is 0.820. The second-order valence-corrected chi connectivity index (χ2v) is 4.65. The molecule has 1 fully saturated rings. The molecule has 1 aliphatic rings. The number of hydrogen-bond acceptors (Lipinski definition) is 5. The Morgan fingerprint density at radius 1 is 1.50 bits per heavy atom. The molecule has 108 valence electrons. The molecule has 0 aliphatic carbocycles. The highest BCUT2D eigenvalue weighted by Gasteiger charge is 2.29. The third-order valence-corrected chi connectivity index (χ3v) is 3.34. The van der Waals surface area contributed by atoms with Gasteiger partial charge in [0.15, 0.2) is 11.3 Å². The van der Waals surface area contributed by atoms with Crippen molar-refractivity contribution in [3.05, 3.63) is 30.3 Å². The topological polar surface area (TPSA) is 68.0 Å². The number of para-hydroxylation sites is 1. The lowest BCUT2D eigenvalue weighted by Crippen LogP contribution is -2.56. The van der Waals surface area contributed by atoms with Gasteiger partial charge < -0.3 is 15.2 Å². The zero-order valence-corrected chi connectivity index (χ0v) is 12.0. The van der Waals surface area contributed by atoms with Gasteiger partial charge in [0.1, 0.15) is 0 Å². The van der Waals surface area contributed by atoms with Crippen molar-refractivity contribution in [3.63, 3.8) is 0 Å². The average Bonchev–Trinajstić information content (AvgIpc) is 2.48. The Morgan fingerprint density at radius 2 is 2.20 bits per heavy atom. The fourth-order valence-corrected chi connectivity index (χ4v) is 2.23. The molecule has 1 saturated heterocycles. The molecule has 1 atom stereocenters. The van der Waals surface area contributed by atoms with E-state index in [-0.39, 0.29) is 11.3 Å². The van der Waals surface area contributed by atoms with Crippen molar-refractivity contribution in [1.29, 1.82) is 0 Å². The monoisotopic (exact) mass is 295 g/mol. The Hall–Kier alpha value is -1.54. The molecule has 0 spiro atoms. The van der Waals surface area contributed by atoms with E-state index in [1.54, 1.807) is 12.1 Å². The maximum Gasteiger partial charge on any atom is 0.278 e. The molecule has 2 N–H and O–H groups in total. The van der Waals surface area contributed by atoms with Gasteiger partial charge in [0.05, 0.1) is 18.8 Å². The van der Waals surface area contributed by atoms with Crippen LogP contribution in [-0.2, 0) is 14.3 Å². The molecule has 6 nitrogen and oxygen atoms in total. The average molecular weight is 295 g/mol. The Kier molecular flexibility index (Phi) is 5.02. The number of amides is 1. The fourth-order valence-electron chi connectivity index (χ4n) is 2.01. The maximum atomic E-state index is 11.5. The molecule has 1 unspecified atom stereocenters. The van der Waals surface area contributed by atoms with E-state index in [9.17, 15) is 4.79 Å². The number of primary amides is 1. The van der Waals surface area contributed by atoms with Gasteiger partial charge in [-0.25, -0.2) is 5.01 Å². The second-order valence-electron chi connectivity index (χ2n) is 4.27. The van der Waals surface area contributed by atoms with Crippen LogP contribution >= 0.6 is 12.2 Å². The van der Waals surface area contributed by atoms with E-state index in [0.29, 0.717) is 19.7 Å². The van der Waals surface area contributed by atoms with Gasteiger partial charge in [-0.3, -0.25) is 9.80 Å². The van der Waals surface area contributed by atoms with Crippen LogP contribution in [0, 0.1) is 0 Å². The van der Waals surface area contributed by atoms with Crippen molar-refractivity contribution >= 4 is 28.8 Å². The molecule has 0 aromatic heterocycles. The van der Waals surface area contributed by atoms with E-state index in [1.165, 1.54) is 0 Å². The predicted molar refractivity (Wildman–Crippen MR) is 79.0 cm³/mol. The molecular weight excluding hydrogens is 278 g/mol. The normalized spacial score (nSPS) is 19.6. The number of hydrogen-bond donors (Lipinski definition) is 1. The van der Waals surface area contributed by atoms with E-state index >= 15 is 0 Å². The number of nitrogens with zero attached hydrogens (tertiary/aromatic N) is 2. The lowest BCUT2D eigenvalue weighted by atomic mass is 10.3. The number of carbonyl (C=O) groups is 1. The molecule has 0 radical (unpaired) electrons. The Balaban J connectivity index is 2.27. The number of hydrazine groups is 1. The summed E-state index contributed by atoms with van der Waals surface area (Å²) in [4.78, 5) is 11.5. The molecule has 0 bridgehead atoms. The standard InChI is InChI=1S/C13H17N3O3S/c1-18-11-9-15(7-8-19-11)16(13(20)12(14)17)10-5-3-2-4-6-10/h2-6,11H,7-9H2,1H3,(H2,14,17). The van der Waals surface area contributed by atoms with Crippen LogP contribution in [0.3, 0.4) is 0 Å². The van der Waals surface area contributed by atoms with Gasteiger partial charge >= 0.3 is 0 Å². The van der Waals surface area contributed by atoms with Crippen molar-refractivity contribution in [3.8, 4) is 0 Å². The summed E-state index contributed by atoms with van der Waals surface area (Å²) in [5.41, 5.74) is 6.12. The van der Waals surface area contributed by atoms with Gasteiger partial charge in [-0.15, -0.1) is 0 Å². The minimum absolute atomic E-state index is 0.0490. The van der Waals surface area contributed by atoms with E-state index in [2.05, 4.69) is 0 Å². The number of anilines is 1. The van der Waals surface area contributed by atoms with Gasteiger partial charge in [-0.1, -0.05) is 30.4 Å². The van der Waals surface area contributed by atoms with E-state index in [4.69, 9.17) is 27.4 Å². The molecule has 0 saturated carbocycles.